The van der Waals surface area contributed by atoms with Crippen LogP contribution in [0.15, 0.2) is 47.7 Å². The van der Waals surface area contributed by atoms with E-state index in [0.29, 0.717) is 29.4 Å². The lowest BCUT2D eigenvalue weighted by atomic mass is 10.0. The third-order valence-corrected chi connectivity index (χ3v) is 4.32. The van der Waals surface area contributed by atoms with E-state index in [9.17, 15) is 9.59 Å². The van der Waals surface area contributed by atoms with E-state index in [1.807, 2.05) is 25.1 Å². The molecule has 3 heterocycles. The van der Waals surface area contributed by atoms with Gasteiger partial charge in [-0.25, -0.2) is 19.7 Å². The van der Waals surface area contributed by atoms with E-state index in [1.54, 1.807) is 18.3 Å². The first-order valence-electron chi connectivity index (χ1n) is 8.86. The van der Waals surface area contributed by atoms with Crippen molar-refractivity contribution in [1.82, 2.24) is 24.9 Å². The Labute approximate surface area is 164 Å². The van der Waals surface area contributed by atoms with Gasteiger partial charge in [0.25, 0.3) is 5.56 Å². The molecule has 3 aromatic heterocycles. The Balaban J connectivity index is 1.76. The summed E-state index contributed by atoms with van der Waals surface area (Å²) in [6.45, 7) is 2.31. The summed E-state index contributed by atoms with van der Waals surface area (Å²) >= 11 is 0. The van der Waals surface area contributed by atoms with Crippen LogP contribution in [0, 0.1) is 0 Å². The summed E-state index contributed by atoms with van der Waals surface area (Å²) in [4.78, 5) is 41.9. The van der Waals surface area contributed by atoms with E-state index in [2.05, 4.69) is 29.7 Å². The van der Waals surface area contributed by atoms with Crippen LogP contribution in [0.2, 0.25) is 0 Å². The number of methoxy groups -OCH3 is 1. The van der Waals surface area contributed by atoms with Crippen molar-refractivity contribution in [2.75, 3.05) is 13.7 Å². The topological polar surface area (TPSA) is 123 Å². The fraction of sp³-hybridized carbons (Fsp3) is 0.150. The number of esters is 1. The number of rotatable bonds is 5. The number of imidazole rings is 1. The second-order valence-electron chi connectivity index (χ2n) is 6.08. The molecule has 0 amide bonds. The van der Waals surface area contributed by atoms with Crippen LogP contribution in [-0.2, 0) is 4.74 Å². The minimum absolute atomic E-state index is 0.229. The van der Waals surface area contributed by atoms with Gasteiger partial charge in [-0.2, -0.15) is 0 Å². The Bertz CT molecular complexity index is 1240. The highest BCUT2D eigenvalue weighted by Gasteiger charge is 2.14. The highest BCUT2D eigenvalue weighted by molar-refractivity contribution is 5.87. The summed E-state index contributed by atoms with van der Waals surface area (Å²) in [7, 11) is 1.31. The Morgan fingerprint density at radius 2 is 1.97 bits per heavy atom. The van der Waals surface area contributed by atoms with Crippen LogP contribution in [0.3, 0.4) is 0 Å². The number of H-pyrrole nitrogens is 2. The van der Waals surface area contributed by atoms with E-state index in [-0.39, 0.29) is 16.8 Å². The van der Waals surface area contributed by atoms with Crippen LogP contribution in [-0.4, -0.2) is 44.6 Å². The molecule has 0 unspecified atom stereocenters. The standard InChI is InChI=1S/C20H17N5O4/c1-3-29-15-8-11(12-5-7-14(21-9-12)20(27)28-2)4-6-13(15)17-24-18-16(19(26)25-17)22-10-23-18/h4-10H,3H2,1-2H3,(H2,22,23,24,25,26). The van der Waals surface area contributed by atoms with Gasteiger partial charge in [0.15, 0.2) is 11.2 Å². The molecule has 9 heteroatoms. The van der Waals surface area contributed by atoms with Crippen molar-refractivity contribution in [2.45, 2.75) is 6.92 Å². The largest absolute Gasteiger partial charge is 0.493 e. The fourth-order valence-corrected chi connectivity index (χ4v) is 2.94. The summed E-state index contributed by atoms with van der Waals surface area (Å²) in [5, 5.41) is 0. The third kappa shape index (κ3) is 3.45. The highest BCUT2D eigenvalue weighted by atomic mass is 16.5. The van der Waals surface area contributed by atoms with Crippen LogP contribution in [0.4, 0.5) is 0 Å². The van der Waals surface area contributed by atoms with Gasteiger partial charge < -0.3 is 19.4 Å². The smallest absolute Gasteiger partial charge is 0.356 e. The van der Waals surface area contributed by atoms with E-state index >= 15 is 0 Å². The van der Waals surface area contributed by atoms with Gasteiger partial charge in [-0.15, -0.1) is 0 Å². The van der Waals surface area contributed by atoms with Crippen molar-refractivity contribution < 1.29 is 14.3 Å². The maximum Gasteiger partial charge on any atom is 0.356 e. The lowest BCUT2D eigenvalue weighted by molar-refractivity contribution is 0.0594. The van der Waals surface area contributed by atoms with Crippen molar-refractivity contribution in [3.8, 4) is 28.3 Å². The molecule has 0 saturated heterocycles. The second-order valence-corrected chi connectivity index (χ2v) is 6.08. The van der Waals surface area contributed by atoms with Crippen molar-refractivity contribution in [3.63, 3.8) is 0 Å². The molecular formula is C20H17N5O4. The van der Waals surface area contributed by atoms with E-state index in [0.717, 1.165) is 11.1 Å². The summed E-state index contributed by atoms with van der Waals surface area (Å²) in [5.41, 5.74) is 2.83. The maximum atomic E-state index is 12.2. The van der Waals surface area contributed by atoms with Crippen LogP contribution in [0.5, 0.6) is 5.75 Å². The van der Waals surface area contributed by atoms with Crippen LogP contribution < -0.4 is 10.3 Å². The summed E-state index contributed by atoms with van der Waals surface area (Å²) < 4.78 is 10.5. The molecule has 29 heavy (non-hydrogen) atoms. The van der Waals surface area contributed by atoms with Gasteiger partial charge >= 0.3 is 5.97 Å². The van der Waals surface area contributed by atoms with E-state index in [4.69, 9.17) is 4.74 Å². The SMILES string of the molecule is CCOc1cc(-c2ccc(C(=O)OC)nc2)ccc1-c1nc2[nH]cnc2c(=O)[nH]1. The zero-order chi connectivity index (χ0) is 20.4. The minimum Gasteiger partial charge on any atom is -0.493 e. The molecule has 0 aliphatic heterocycles. The van der Waals surface area contributed by atoms with Gasteiger partial charge in [-0.1, -0.05) is 12.1 Å². The number of aromatic nitrogens is 5. The van der Waals surface area contributed by atoms with Crippen molar-refractivity contribution in [2.24, 2.45) is 0 Å². The summed E-state index contributed by atoms with van der Waals surface area (Å²) in [6.07, 6.45) is 3.02. The molecule has 2 N–H and O–H groups in total. The maximum absolute atomic E-state index is 12.2. The number of fused-ring (bicyclic) bond motifs is 1. The molecule has 146 valence electrons. The zero-order valence-corrected chi connectivity index (χ0v) is 15.7. The van der Waals surface area contributed by atoms with Gasteiger partial charge in [0.05, 0.1) is 25.6 Å². The fourth-order valence-electron chi connectivity index (χ4n) is 2.94. The average Bonchev–Trinajstić information content (AvgIpc) is 3.23. The Morgan fingerprint density at radius 3 is 2.69 bits per heavy atom. The Morgan fingerprint density at radius 1 is 1.14 bits per heavy atom. The number of carbonyl (C=O) groups is 1. The monoisotopic (exact) mass is 391 g/mol. The van der Waals surface area contributed by atoms with E-state index < -0.39 is 5.97 Å². The number of carbonyl (C=O) groups excluding carboxylic acids is 1. The number of ether oxygens (including phenoxy) is 2. The number of pyridine rings is 1. The number of nitrogens with one attached hydrogen (secondary N) is 2. The van der Waals surface area contributed by atoms with Crippen LogP contribution >= 0.6 is 0 Å². The molecular weight excluding hydrogens is 374 g/mol. The number of hydrogen-bond donors (Lipinski definition) is 2. The van der Waals surface area contributed by atoms with Crippen LogP contribution in [0.25, 0.3) is 33.7 Å². The van der Waals surface area contributed by atoms with Gasteiger partial charge in [0, 0.05) is 11.8 Å². The van der Waals surface area contributed by atoms with Gasteiger partial charge in [-0.3, -0.25) is 4.79 Å². The molecule has 0 atom stereocenters. The van der Waals surface area contributed by atoms with Crippen molar-refractivity contribution >= 4 is 17.1 Å². The third-order valence-electron chi connectivity index (χ3n) is 4.32. The lowest BCUT2D eigenvalue weighted by Gasteiger charge is -2.12. The highest BCUT2D eigenvalue weighted by Crippen LogP contribution is 2.32. The summed E-state index contributed by atoms with van der Waals surface area (Å²) in [5.74, 6) is 0.441. The molecule has 0 aliphatic rings. The molecule has 0 fully saturated rings. The van der Waals surface area contributed by atoms with E-state index in [1.165, 1.54) is 13.4 Å². The van der Waals surface area contributed by atoms with Crippen molar-refractivity contribution in [1.29, 1.82) is 0 Å². The molecule has 0 bridgehead atoms. The average molecular weight is 391 g/mol. The minimum atomic E-state index is -0.494. The molecule has 1 aromatic carbocycles. The predicted molar refractivity (Wildman–Crippen MR) is 106 cm³/mol. The number of aromatic amines is 2. The summed E-state index contributed by atoms with van der Waals surface area (Å²) in [6, 6.07) is 8.89. The first-order valence-corrected chi connectivity index (χ1v) is 8.86. The van der Waals surface area contributed by atoms with Gasteiger partial charge in [-0.05, 0) is 30.7 Å². The molecule has 9 nitrogen and oxygen atoms in total. The molecule has 4 aromatic rings. The molecule has 0 saturated carbocycles. The normalized spacial score (nSPS) is 10.8. The van der Waals surface area contributed by atoms with Gasteiger partial charge in [0.1, 0.15) is 17.3 Å². The molecule has 0 spiro atoms. The quantitative estimate of drug-likeness (QED) is 0.501. The second kappa shape index (κ2) is 7.55. The number of benzene rings is 1. The number of hydrogen-bond acceptors (Lipinski definition) is 7. The zero-order valence-electron chi connectivity index (χ0n) is 15.7. The first kappa shape index (κ1) is 18.4. The van der Waals surface area contributed by atoms with Crippen LogP contribution in [0.1, 0.15) is 17.4 Å². The Kier molecular flexibility index (Phi) is 4.78. The van der Waals surface area contributed by atoms with Gasteiger partial charge in [0.2, 0.25) is 0 Å². The van der Waals surface area contributed by atoms with Crippen molar-refractivity contribution in [3.05, 3.63) is 58.9 Å². The molecule has 0 radical (unpaired) electrons. The number of nitrogens with zero attached hydrogens (tertiary/aromatic N) is 3. The molecule has 4 rings (SSSR count). The first-order chi connectivity index (χ1) is 14.1. The lowest BCUT2D eigenvalue weighted by Crippen LogP contribution is -2.10. The molecule has 0 aliphatic carbocycles. The predicted octanol–water partition coefficient (Wildman–Crippen LogP) is 2.56. The Hall–Kier alpha value is -4.01.